The first kappa shape index (κ1) is 13.5. The van der Waals surface area contributed by atoms with E-state index in [1.165, 1.54) is 11.5 Å². The number of nitrogens with zero attached hydrogens (tertiary/aromatic N) is 1. The average molecular weight is 276 g/mol. The molecule has 0 unspecified atom stereocenters. The molecule has 0 atom stereocenters. The number of benzene rings is 1. The Balaban J connectivity index is 2.12. The van der Waals surface area contributed by atoms with Gasteiger partial charge in [0.15, 0.2) is 5.78 Å². The lowest BCUT2D eigenvalue weighted by atomic mass is 10.1. The normalized spacial score (nSPS) is 10.3. The fourth-order valence-corrected chi connectivity index (χ4v) is 2.71. The van der Waals surface area contributed by atoms with Crippen molar-refractivity contribution in [3.05, 3.63) is 41.1 Å². The maximum absolute atomic E-state index is 11.6. The number of hydrogen-bond acceptors (Lipinski definition) is 5. The maximum atomic E-state index is 11.6. The van der Waals surface area contributed by atoms with Crippen molar-refractivity contribution >= 4 is 22.3 Å². The highest BCUT2D eigenvalue weighted by Crippen LogP contribution is 2.25. The number of aryl methyl sites for hydroxylation is 1. The van der Waals surface area contributed by atoms with Crippen molar-refractivity contribution in [3.8, 4) is 5.75 Å². The van der Waals surface area contributed by atoms with Crippen molar-refractivity contribution in [3.63, 3.8) is 0 Å². The fourth-order valence-electron chi connectivity index (χ4n) is 1.87. The van der Waals surface area contributed by atoms with Gasteiger partial charge in [0.25, 0.3) is 0 Å². The molecule has 0 fully saturated rings. The summed E-state index contributed by atoms with van der Waals surface area (Å²) in [5.74, 6) is 0.867. The third-order valence-electron chi connectivity index (χ3n) is 2.80. The van der Waals surface area contributed by atoms with Crippen LogP contribution in [0.1, 0.15) is 28.5 Å². The van der Waals surface area contributed by atoms with E-state index in [1.807, 2.05) is 31.2 Å². The molecule has 2 rings (SSSR count). The van der Waals surface area contributed by atoms with Gasteiger partial charge in [-0.15, -0.1) is 0 Å². The number of carbonyl (C=O) groups excluding carboxylic acids is 1. The molecule has 0 bridgehead atoms. The van der Waals surface area contributed by atoms with Gasteiger partial charge in [0.1, 0.15) is 10.8 Å². The standard InChI is InChI=1S/C14H16N2O2S/c1-9-13(10(2)17)14(19-16-9)15-8-11-5-4-6-12(7-11)18-3/h4-7,15H,8H2,1-3H3. The van der Waals surface area contributed by atoms with Gasteiger partial charge in [-0.05, 0) is 43.1 Å². The fraction of sp³-hybridized carbons (Fsp3) is 0.286. The van der Waals surface area contributed by atoms with Crippen molar-refractivity contribution in [2.75, 3.05) is 12.4 Å². The molecule has 1 heterocycles. The van der Waals surface area contributed by atoms with Crippen LogP contribution in [0.2, 0.25) is 0 Å². The zero-order valence-electron chi connectivity index (χ0n) is 11.2. The van der Waals surface area contributed by atoms with Crippen molar-refractivity contribution in [1.29, 1.82) is 0 Å². The highest BCUT2D eigenvalue weighted by molar-refractivity contribution is 7.10. The van der Waals surface area contributed by atoms with Gasteiger partial charge in [-0.25, -0.2) is 0 Å². The van der Waals surface area contributed by atoms with Crippen LogP contribution in [0.15, 0.2) is 24.3 Å². The summed E-state index contributed by atoms with van der Waals surface area (Å²) in [5.41, 5.74) is 2.57. The summed E-state index contributed by atoms with van der Waals surface area (Å²) in [5, 5.41) is 4.09. The number of nitrogens with one attached hydrogen (secondary N) is 1. The summed E-state index contributed by atoms with van der Waals surface area (Å²) in [6.07, 6.45) is 0. The van der Waals surface area contributed by atoms with E-state index in [0.717, 1.165) is 22.0 Å². The molecule has 0 amide bonds. The van der Waals surface area contributed by atoms with Crippen LogP contribution < -0.4 is 10.1 Å². The smallest absolute Gasteiger partial charge is 0.164 e. The summed E-state index contributed by atoms with van der Waals surface area (Å²) < 4.78 is 9.40. The minimum absolute atomic E-state index is 0.0411. The Hall–Kier alpha value is -1.88. The first-order valence-corrected chi connectivity index (χ1v) is 6.73. The molecule has 0 spiro atoms. The van der Waals surface area contributed by atoms with E-state index >= 15 is 0 Å². The Labute approximate surface area is 116 Å². The predicted molar refractivity (Wildman–Crippen MR) is 77.2 cm³/mol. The lowest BCUT2D eigenvalue weighted by Crippen LogP contribution is -2.03. The molecule has 2 aromatic rings. The van der Waals surface area contributed by atoms with E-state index in [0.29, 0.717) is 12.1 Å². The number of carbonyl (C=O) groups is 1. The lowest BCUT2D eigenvalue weighted by molar-refractivity contribution is 0.101. The summed E-state index contributed by atoms with van der Waals surface area (Å²) >= 11 is 1.32. The summed E-state index contributed by atoms with van der Waals surface area (Å²) in [7, 11) is 1.65. The van der Waals surface area contributed by atoms with E-state index in [9.17, 15) is 4.79 Å². The van der Waals surface area contributed by atoms with Crippen LogP contribution in [0, 0.1) is 6.92 Å². The van der Waals surface area contributed by atoms with Gasteiger partial charge in [-0.1, -0.05) is 12.1 Å². The number of aromatic nitrogens is 1. The second-order valence-corrected chi connectivity index (χ2v) is 5.01. The summed E-state index contributed by atoms with van der Waals surface area (Å²) in [6.45, 7) is 4.05. The molecule has 1 N–H and O–H groups in total. The number of ketones is 1. The molecule has 0 aliphatic carbocycles. The van der Waals surface area contributed by atoms with Crippen molar-refractivity contribution < 1.29 is 9.53 Å². The topological polar surface area (TPSA) is 51.2 Å². The van der Waals surface area contributed by atoms with E-state index < -0.39 is 0 Å². The van der Waals surface area contributed by atoms with Crippen LogP contribution in [0.5, 0.6) is 5.75 Å². The average Bonchev–Trinajstić information content (AvgIpc) is 2.78. The first-order valence-electron chi connectivity index (χ1n) is 5.96. The number of methoxy groups -OCH3 is 1. The molecule has 4 nitrogen and oxygen atoms in total. The Morgan fingerprint density at radius 1 is 1.47 bits per heavy atom. The van der Waals surface area contributed by atoms with E-state index in [-0.39, 0.29) is 5.78 Å². The minimum Gasteiger partial charge on any atom is -0.497 e. The molecule has 0 aliphatic rings. The van der Waals surface area contributed by atoms with E-state index in [4.69, 9.17) is 4.74 Å². The Bertz CT molecular complexity index is 593. The number of rotatable bonds is 5. The van der Waals surface area contributed by atoms with Crippen LogP contribution in [-0.2, 0) is 6.54 Å². The molecule has 0 radical (unpaired) electrons. The Morgan fingerprint density at radius 3 is 2.95 bits per heavy atom. The van der Waals surface area contributed by atoms with Crippen molar-refractivity contribution in [1.82, 2.24) is 4.37 Å². The molecule has 1 aromatic heterocycles. The van der Waals surface area contributed by atoms with Gasteiger partial charge in [-0.2, -0.15) is 4.37 Å². The van der Waals surface area contributed by atoms with Crippen molar-refractivity contribution in [2.24, 2.45) is 0 Å². The third kappa shape index (κ3) is 3.12. The van der Waals surface area contributed by atoms with Crippen LogP contribution >= 0.6 is 11.5 Å². The molecule has 1 aromatic carbocycles. The predicted octanol–water partition coefficient (Wildman–Crippen LogP) is 3.27. The number of Topliss-reactive ketones (excluding diaryl/α,β-unsaturated/α-hetero) is 1. The van der Waals surface area contributed by atoms with Crippen LogP contribution in [0.25, 0.3) is 0 Å². The van der Waals surface area contributed by atoms with E-state index in [2.05, 4.69) is 9.69 Å². The number of hydrogen-bond donors (Lipinski definition) is 1. The molecule has 19 heavy (non-hydrogen) atoms. The summed E-state index contributed by atoms with van der Waals surface area (Å²) in [6, 6.07) is 7.83. The first-order chi connectivity index (χ1) is 9.11. The maximum Gasteiger partial charge on any atom is 0.164 e. The Kier molecular flexibility index (Phi) is 4.16. The zero-order valence-corrected chi connectivity index (χ0v) is 12.0. The van der Waals surface area contributed by atoms with Crippen molar-refractivity contribution in [2.45, 2.75) is 20.4 Å². The molecule has 0 aliphatic heterocycles. The molecule has 5 heteroatoms. The van der Waals surface area contributed by atoms with Gasteiger partial charge in [-0.3, -0.25) is 4.79 Å². The van der Waals surface area contributed by atoms with Crippen LogP contribution in [-0.4, -0.2) is 17.3 Å². The lowest BCUT2D eigenvalue weighted by Gasteiger charge is -2.07. The SMILES string of the molecule is COc1cccc(CNc2snc(C)c2C(C)=O)c1. The second kappa shape index (κ2) is 5.84. The van der Waals surface area contributed by atoms with E-state index in [1.54, 1.807) is 14.0 Å². The minimum atomic E-state index is 0.0411. The van der Waals surface area contributed by atoms with Gasteiger partial charge in [0, 0.05) is 6.54 Å². The highest BCUT2D eigenvalue weighted by Gasteiger charge is 2.14. The van der Waals surface area contributed by atoms with Gasteiger partial charge >= 0.3 is 0 Å². The van der Waals surface area contributed by atoms with Gasteiger partial charge in [0.05, 0.1) is 18.4 Å². The number of ether oxygens (including phenoxy) is 1. The molecular formula is C14H16N2O2S. The molecular weight excluding hydrogens is 260 g/mol. The van der Waals surface area contributed by atoms with Crippen LogP contribution in [0.4, 0.5) is 5.00 Å². The zero-order chi connectivity index (χ0) is 13.8. The Morgan fingerprint density at radius 2 is 2.26 bits per heavy atom. The molecule has 0 saturated heterocycles. The summed E-state index contributed by atoms with van der Waals surface area (Å²) in [4.78, 5) is 11.6. The monoisotopic (exact) mass is 276 g/mol. The molecule has 100 valence electrons. The van der Waals surface area contributed by atoms with Gasteiger partial charge < -0.3 is 10.1 Å². The quantitative estimate of drug-likeness (QED) is 0.851. The highest BCUT2D eigenvalue weighted by atomic mass is 32.1. The van der Waals surface area contributed by atoms with Crippen LogP contribution in [0.3, 0.4) is 0 Å². The third-order valence-corrected chi connectivity index (χ3v) is 3.70. The second-order valence-electron chi connectivity index (χ2n) is 4.23. The molecule has 0 saturated carbocycles. The van der Waals surface area contributed by atoms with Gasteiger partial charge in [0.2, 0.25) is 0 Å². The number of anilines is 1. The largest absolute Gasteiger partial charge is 0.497 e.